The summed E-state index contributed by atoms with van der Waals surface area (Å²) in [6, 6.07) is 4.82. The zero-order chi connectivity index (χ0) is 13.8. The lowest BCUT2D eigenvalue weighted by atomic mass is 9.94. The quantitative estimate of drug-likeness (QED) is 0.623. The topological polar surface area (TPSA) is 81.2 Å². The summed E-state index contributed by atoms with van der Waals surface area (Å²) >= 11 is 3.31. The predicted octanol–water partition coefficient (Wildman–Crippen LogP) is 3.29. The lowest BCUT2D eigenvalue weighted by molar-refractivity contribution is -0.384. The maximum atomic E-state index is 10.9. The summed E-state index contributed by atoms with van der Waals surface area (Å²) in [5, 5.41) is 14.0. The van der Waals surface area contributed by atoms with E-state index in [0.29, 0.717) is 12.2 Å². The number of nitrogens with two attached hydrogens (primary N) is 1. The van der Waals surface area contributed by atoms with E-state index in [9.17, 15) is 10.1 Å². The Balaban J connectivity index is 2.90. The second-order valence-electron chi connectivity index (χ2n) is 4.34. The normalized spacial score (nSPS) is 11.3. The molecule has 0 aromatic heterocycles. The highest BCUT2D eigenvalue weighted by Crippen LogP contribution is 2.28. The molecule has 18 heavy (non-hydrogen) atoms. The number of nitro groups is 1. The number of nitrogens with one attached hydrogen (secondary N) is 1. The molecule has 0 aliphatic carbocycles. The molecule has 0 radical (unpaired) electrons. The van der Waals surface area contributed by atoms with Gasteiger partial charge in [-0.3, -0.25) is 10.1 Å². The fraction of sp³-hybridized carbons (Fsp3) is 0.500. The molecule has 6 heteroatoms. The van der Waals surface area contributed by atoms with Crippen LogP contribution < -0.4 is 11.1 Å². The zero-order valence-electron chi connectivity index (χ0n) is 10.6. The first-order valence-corrected chi connectivity index (χ1v) is 6.68. The first-order chi connectivity index (χ1) is 8.41. The van der Waals surface area contributed by atoms with E-state index in [-0.39, 0.29) is 11.2 Å². The van der Waals surface area contributed by atoms with Gasteiger partial charge in [0.1, 0.15) is 5.69 Å². The van der Waals surface area contributed by atoms with E-state index in [1.54, 1.807) is 12.1 Å². The van der Waals surface area contributed by atoms with E-state index in [1.165, 1.54) is 6.07 Å². The number of nitrogens with zero attached hydrogens (tertiary/aromatic N) is 1. The number of hydrogen-bond acceptors (Lipinski definition) is 4. The lowest BCUT2D eigenvalue weighted by Crippen LogP contribution is -2.45. The number of hydrogen-bond donors (Lipinski definition) is 2. The van der Waals surface area contributed by atoms with Crippen LogP contribution in [0.1, 0.15) is 26.7 Å². The fourth-order valence-corrected chi connectivity index (χ4v) is 1.94. The van der Waals surface area contributed by atoms with E-state index in [4.69, 9.17) is 5.73 Å². The Morgan fingerprint density at radius 1 is 1.44 bits per heavy atom. The van der Waals surface area contributed by atoms with E-state index in [1.807, 2.05) is 13.8 Å². The van der Waals surface area contributed by atoms with E-state index < -0.39 is 4.92 Å². The first kappa shape index (κ1) is 14.9. The van der Waals surface area contributed by atoms with Crippen LogP contribution in [-0.2, 0) is 0 Å². The molecule has 0 aliphatic rings. The van der Waals surface area contributed by atoms with Crippen molar-refractivity contribution in [1.82, 2.24) is 0 Å². The van der Waals surface area contributed by atoms with E-state index in [2.05, 4.69) is 21.2 Å². The van der Waals surface area contributed by atoms with Crippen molar-refractivity contribution in [1.29, 1.82) is 0 Å². The zero-order valence-corrected chi connectivity index (χ0v) is 12.2. The molecule has 0 fully saturated rings. The minimum absolute atomic E-state index is 0.0627. The molecule has 0 aliphatic heterocycles. The monoisotopic (exact) mass is 315 g/mol. The van der Waals surface area contributed by atoms with Gasteiger partial charge in [0.05, 0.1) is 4.92 Å². The molecule has 0 spiro atoms. The summed E-state index contributed by atoms with van der Waals surface area (Å²) in [4.78, 5) is 10.5. The van der Waals surface area contributed by atoms with Crippen molar-refractivity contribution < 1.29 is 4.92 Å². The van der Waals surface area contributed by atoms with Gasteiger partial charge >= 0.3 is 0 Å². The Morgan fingerprint density at radius 3 is 2.56 bits per heavy atom. The number of benzene rings is 1. The molecule has 0 saturated carbocycles. The summed E-state index contributed by atoms with van der Waals surface area (Å²) in [6.45, 7) is 4.54. The van der Waals surface area contributed by atoms with Gasteiger partial charge in [0, 0.05) is 22.6 Å². The summed E-state index contributed by atoms with van der Waals surface area (Å²) in [5.41, 5.74) is 6.38. The smallest absolute Gasteiger partial charge is 0.292 e. The molecule has 0 amide bonds. The van der Waals surface area contributed by atoms with Crippen LogP contribution in [0.2, 0.25) is 0 Å². The molecule has 100 valence electrons. The van der Waals surface area contributed by atoms with E-state index >= 15 is 0 Å². The summed E-state index contributed by atoms with van der Waals surface area (Å²) in [6.07, 6.45) is 1.64. The number of halogens is 1. The molecule has 0 unspecified atom stereocenters. The Labute approximate surface area is 115 Å². The van der Waals surface area contributed by atoms with Gasteiger partial charge in [-0.15, -0.1) is 0 Å². The summed E-state index contributed by atoms with van der Waals surface area (Å²) in [7, 11) is 0. The molecule has 0 saturated heterocycles. The molecule has 3 N–H and O–H groups in total. The average Bonchev–Trinajstić information content (AvgIpc) is 2.35. The van der Waals surface area contributed by atoms with Gasteiger partial charge in [0.25, 0.3) is 5.69 Å². The van der Waals surface area contributed by atoms with Gasteiger partial charge in [0.15, 0.2) is 0 Å². The van der Waals surface area contributed by atoms with Crippen molar-refractivity contribution in [3.05, 3.63) is 32.8 Å². The van der Waals surface area contributed by atoms with Gasteiger partial charge in [-0.25, -0.2) is 0 Å². The van der Waals surface area contributed by atoms with Crippen molar-refractivity contribution in [3.8, 4) is 0 Å². The van der Waals surface area contributed by atoms with Gasteiger partial charge < -0.3 is 11.1 Å². The van der Waals surface area contributed by atoms with Crippen LogP contribution in [0.3, 0.4) is 0 Å². The average molecular weight is 316 g/mol. The Hall–Kier alpha value is -1.14. The maximum absolute atomic E-state index is 10.9. The summed E-state index contributed by atoms with van der Waals surface area (Å²) < 4.78 is 0.797. The van der Waals surface area contributed by atoms with Crippen molar-refractivity contribution in [2.24, 2.45) is 5.73 Å². The van der Waals surface area contributed by atoms with Crippen molar-refractivity contribution in [2.45, 2.75) is 32.2 Å². The Bertz CT molecular complexity index is 433. The molecule has 0 atom stereocenters. The fourth-order valence-electron chi connectivity index (χ4n) is 1.58. The van der Waals surface area contributed by atoms with Crippen LogP contribution in [0.5, 0.6) is 0 Å². The van der Waals surface area contributed by atoms with Crippen LogP contribution in [0, 0.1) is 10.1 Å². The Kier molecular flexibility index (Phi) is 5.10. The number of anilines is 1. The van der Waals surface area contributed by atoms with Crippen LogP contribution >= 0.6 is 15.9 Å². The second-order valence-corrected chi connectivity index (χ2v) is 5.26. The SMILES string of the molecule is CCC(N)(CC)CNc1cc(Br)ccc1[N+](=O)[O-]. The molecule has 0 bridgehead atoms. The molecule has 0 heterocycles. The molecule has 1 aromatic rings. The van der Waals surface area contributed by atoms with Gasteiger partial charge in [-0.2, -0.15) is 0 Å². The summed E-state index contributed by atoms with van der Waals surface area (Å²) in [5.74, 6) is 0. The third kappa shape index (κ3) is 3.68. The molecular formula is C12H18BrN3O2. The van der Waals surface area contributed by atoms with Crippen LogP contribution in [0.4, 0.5) is 11.4 Å². The van der Waals surface area contributed by atoms with Crippen molar-refractivity contribution in [2.75, 3.05) is 11.9 Å². The molecule has 1 aromatic carbocycles. The van der Waals surface area contributed by atoms with Crippen LogP contribution in [0.25, 0.3) is 0 Å². The lowest BCUT2D eigenvalue weighted by Gasteiger charge is -2.27. The minimum Gasteiger partial charge on any atom is -0.378 e. The minimum atomic E-state index is -0.398. The largest absolute Gasteiger partial charge is 0.378 e. The van der Waals surface area contributed by atoms with Crippen molar-refractivity contribution >= 4 is 27.3 Å². The van der Waals surface area contributed by atoms with Crippen LogP contribution in [0.15, 0.2) is 22.7 Å². The number of rotatable bonds is 6. The van der Waals surface area contributed by atoms with Gasteiger partial charge in [-0.05, 0) is 25.0 Å². The van der Waals surface area contributed by atoms with Crippen LogP contribution in [-0.4, -0.2) is 17.0 Å². The third-order valence-corrected chi connectivity index (χ3v) is 3.69. The highest BCUT2D eigenvalue weighted by molar-refractivity contribution is 9.10. The van der Waals surface area contributed by atoms with Gasteiger partial charge in [0.2, 0.25) is 0 Å². The number of nitro benzene ring substituents is 1. The third-order valence-electron chi connectivity index (χ3n) is 3.19. The predicted molar refractivity (Wildman–Crippen MR) is 76.8 cm³/mol. The second kappa shape index (κ2) is 6.15. The standard InChI is InChI=1S/C12H18BrN3O2/c1-3-12(14,4-2)8-15-10-7-9(13)5-6-11(10)16(17)18/h5-7,15H,3-4,8,14H2,1-2H3. The van der Waals surface area contributed by atoms with E-state index in [0.717, 1.165) is 17.3 Å². The Morgan fingerprint density at radius 2 is 2.06 bits per heavy atom. The first-order valence-electron chi connectivity index (χ1n) is 5.88. The van der Waals surface area contributed by atoms with Crippen molar-refractivity contribution in [3.63, 3.8) is 0 Å². The highest BCUT2D eigenvalue weighted by Gasteiger charge is 2.22. The maximum Gasteiger partial charge on any atom is 0.292 e. The highest BCUT2D eigenvalue weighted by atomic mass is 79.9. The molecule has 5 nitrogen and oxygen atoms in total. The molecular weight excluding hydrogens is 298 g/mol. The van der Waals surface area contributed by atoms with Gasteiger partial charge in [-0.1, -0.05) is 29.8 Å². The molecule has 1 rings (SSSR count).